The van der Waals surface area contributed by atoms with Crippen molar-refractivity contribution in [2.75, 3.05) is 25.5 Å². The Hall–Kier alpha value is -1.02. The molecule has 2 heteroatoms. The van der Waals surface area contributed by atoms with Crippen molar-refractivity contribution < 1.29 is 0 Å². The minimum absolute atomic E-state index is 1.06. The number of hydrogen-bond acceptors (Lipinski definition) is 2. The molecule has 0 unspecified atom stereocenters. The Balaban J connectivity index is 2.64. The van der Waals surface area contributed by atoms with Gasteiger partial charge in [0.1, 0.15) is 0 Å². The van der Waals surface area contributed by atoms with Crippen molar-refractivity contribution in [2.45, 2.75) is 40.5 Å². The lowest BCUT2D eigenvalue weighted by molar-refractivity contribution is 0.694. The number of hydrogen-bond donors (Lipinski definition) is 2. The predicted molar refractivity (Wildman–Crippen MR) is 77.0 cm³/mol. The summed E-state index contributed by atoms with van der Waals surface area (Å²) in [7, 11) is 2.01. The minimum atomic E-state index is 1.06. The van der Waals surface area contributed by atoms with E-state index in [9.17, 15) is 0 Å². The monoisotopic (exact) mass is 234 g/mol. The van der Waals surface area contributed by atoms with Gasteiger partial charge in [0.2, 0.25) is 0 Å². The van der Waals surface area contributed by atoms with Gasteiger partial charge >= 0.3 is 0 Å². The molecule has 17 heavy (non-hydrogen) atoms. The molecule has 2 nitrogen and oxygen atoms in total. The lowest BCUT2D eigenvalue weighted by Crippen LogP contribution is -2.11. The Morgan fingerprint density at radius 2 is 1.41 bits per heavy atom. The van der Waals surface area contributed by atoms with E-state index in [0.717, 1.165) is 13.1 Å². The second kappa shape index (κ2) is 6.65. The third kappa shape index (κ3) is 3.74. The summed E-state index contributed by atoms with van der Waals surface area (Å²) >= 11 is 0. The average molecular weight is 234 g/mol. The van der Waals surface area contributed by atoms with Gasteiger partial charge in [0.25, 0.3) is 0 Å². The van der Waals surface area contributed by atoms with Crippen LogP contribution in [0.3, 0.4) is 0 Å². The molecule has 0 amide bonds. The zero-order valence-corrected chi connectivity index (χ0v) is 11.9. The van der Waals surface area contributed by atoms with Crippen LogP contribution in [-0.2, 0) is 0 Å². The molecule has 1 aromatic carbocycles. The van der Waals surface area contributed by atoms with E-state index < -0.39 is 0 Å². The van der Waals surface area contributed by atoms with Crippen molar-refractivity contribution in [3.8, 4) is 0 Å². The fourth-order valence-electron chi connectivity index (χ4n) is 2.12. The highest BCUT2D eigenvalue weighted by Crippen LogP contribution is 2.26. The van der Waals surface area contributed by atoms with Gasteiger partial charge in [0, 0.05) is 12.2 Å². The van der Waals surface area contributed by atoms with Crippen LogP contribution < -0.4 is 10.6 Å². The molecule has 0 saturated heterocycles. The molecule has 0 bridgehead atoms. The summed E-state index contributed by atoms with van der Waals surface area (Å²) < 4.78 is 0. The van der Waals surface area contributed by atoms with Crippen LogP contribution in [0.4, 0.5) is 5.69 Å². The second-order valence-corrected chi connectivity index (χ2v) is 4.87. The van der Waals surface area contributed by atoms with E-state index >= 15 is 0 Å². The van der Waals surface area contributed by atoms with Gasteiger partial charge in [-0.05, 0) is 76.4 Å². The Bertz CT molecular complexity index is 343. The van der Waals surface area contributed by atoms with Gasteiger partial charge in [-0.2, -0.15) is 0 Å². The standard InChI is InChI=1S/C15H26N2/c1-11-10-12(2)14(4)15(13(11)3)17-9-7-6-8-16-5/h10,16-17H,6-9H2,1-5H3. The van der Waals surface area contributed by atoms with Crippen LogP contribution in [0.25, 0.3) is 0 Å². The molecule has 0 aliphatic carbocycles. The van der Waals surface area contributed by atoms with E-state index in [1.54, 1.807) is 0 Å². The normalized spacial score (nSPS) is 10.6. The predicted octanol–water partition coefficient (Wildman–Crippen LogP) is 3.33. The van der Waals surface area contributed by atoms with E-state index in [2.05, 4.69) is 44.4 Å². The average Bonchev–Trinajstić information content (AvgIpc) is 2.30. The Kier molecular flexibility index (Phi) is 5.49. The molecular formula is C15H26N2. The highest BCUT2D eigenvalue weighted by Gasteiger charge is 2.07. The van der Waals surface area contributed by atoms with Gasteiger partial charge < -0.3 is 10.6 Å². The molecular weight excluding hydrogens is 208 g/mol. The molecule has 0 radical (unpaired) electrons. The first-order chi connectivity index (χ1) is 8.07. The van der Waals surface area contributed by atoms with Crippen molar-refractivity contribution in [2.24, 2.45) is 0 Å². The number of unbranched alkanes of at least 4 members (excludes halogenated alkanes) is 1. The Morgan fingerprint density at radius 3 is 1.94 bits per heavy atom. The summed E-state index contributed by atoms with van der Waals surface area (Å²) in [5.74, 6) is 0. The summed E-state index contributed by atoms with van der Waals surface area (Å²) in [4.78, 5) is 0. The first kappa shape index (κ1) is 14.0. The third-order valence-corrected chi connectivity index (χ3v) is 3.52. The highest BCUT2D eigenvalue weighted by atomic mass is 14.9. The van der Waals surface area contributed by atoms with Gasteiger partial charge in [0.15, 0.2) is 0 Å². The number of aryl methyl sites for hydroxylation is 2. The van der Waals surface area contributed by atoms with E-state index in [-0.39, 0.29) is 0 Å². The topological polar surface area (TPSA) is 24.1 Å². The van der Waals surface area contributed by atoms with Crippen LogP contribution in [0.2, 0.25) is 0 Å². The second-order valence-electron chi connectivity index (χ2n) is 4.87. The van der Waals surface area contributed by atoms with Crippen LogP contribution in [0.5, 0.6) is 0 Å². The van der Waals surface area contributed by atoms with Crippen molar-refractivity contribution in [1.29, 1.82) is 0 Å². The largest absolute Gasteiger partial charge is 0.385 e. The lowest BCUT2D eigenvalue weighted by atomic mass is 9.98. The van der Waals surface area contributed by atoms with Crippen LogP contribution >= 0.6 is 0 Å². The van der Waals surface area contributed by atoms with E-state index in [1.807, 2.05) is 7.05 Å². The third-order valence-electron chi connectivity index (χ3n) is 3.52. The highest BCUT2D eigenvalue weighted by molar-refractivity contribution is 5.62. The zero-order valence-electron chi connectivity index (χ0n) is 11.9. The Morgan fingerprint density at radius 1 is 0.882 bits per heavy atom. The summed E-state index contributed by atoms with van der Waals surface area (Å²) in [6.07, 6.45) is 2.44. The van der Waals surface area contributed by atoms with Gasteiger partial charge in [0.05, 0.1) is 0 Å². The molecule has 2 N–H and O–H groups in total. The smallest absolute Gasteiger partial charge is 0.0404 e. The molecule has 1 rings (SSSR count). The maximum atomic E-state index is 3.59. The van der Waals surface area contributed by atoms with E-state index in [4.69, 9.17) is 0 Å². The molecule has 0 atom stereocenters. The fourth-order valence-corrected chi connectivity index (χ4v) is 2.12. The molecule has 0 fully saturated rings. The summed E-state index contributed by atoms with van der Waals surface area (Å²) in [6, 6.07) is 2.27. The maximum absolute atomic E-state index is 3.59. The SMILES string of the molecule is CNCCCCNc1c(C)c(C)cc(C)c1C. The van der Waals surface area contributed by atoms with Crippen LogP contribution in [-0.4, -0.2) is 20.1 Å². The van der Waals surface area contributed by atoms with Crippen molar-refractivity contribution >= 4 is 5.69 Å². The summed E-state index contributed by atoms with van der Waals surface area (Å²) in [5.41, 5.74) is 6.88. The lowest BCUT2D eigenvalue weighted by Gasteiger charge is -2.17. The Labute approximate surface area is 106 Å². The van der Waals surface area contributed by atoms with Gasteiger partial charge in [-0.3, -0.25) is 0 Å². The molecule has 0 aliphatic heterocycles. The van der Waals surface area contributed by atoms with Gasteiger partial charge in [-0.15, -0.1) is 0 Å². The van der Waals surface area contributed by atoms with Gasteiger partial charge in [-0.25, -0.2) is 0 Å². The van der Waals surface area contributed by atoms with Crippen molar-refractivity contribution in [3.63, 3.8) is 0 Å². The summed E-state index contributed by atoms with van der Waals surface area (Å²) in [6.45, 7) is 11.0. The number of rotatable bonds is 6. The van der Waals surface area contributed by atoms with Crippen LogP contribution in [0, 0.1) is 27.7 Å². The fraction of sp³-hybridized carbons (Fsp3) is 0.600. The summed E-state index contributed by atoms with van der Waals surface area (Å²) in [5, 5.41) is 6.77. The quantitative estimate of drug-likeness (QED) is 0.738. The van der Waals surface area contributed by atoms with E-state index in [0.29, 0.717) is 0 Å². The van der Waals surface area contributed by atoms with E-state index in [1.165, 1.54) is 40.8 Å². The van der Waals surface area contributed by atoms with Crippen LogP contribution in [0.1, 0.15) is 35.1 Å². The molecule has 0 aromatic heterocycles. The number of benzene rings is 1. The molecule has 96 valence electrons. The minimum Gasteiger partial charge on any atom is -0.385 e. The number of nitrogens with one attached hydrogen (secondary N) is 2. The first-order valence-corrected chi connectivity index (χ1v) is 6.53. The molecule has 0 spiro atoms. The molecule has 1 aromatic rings. The van der Waals surface area contributed by atoms with Gasteiger partial charge in [-0.1, -0.05) is 6.07 Å². The van der Waals surface area contributed by atoms with Crippen molar-refractivity contribution in [3.05, 3.63) is 28.3 Å². The molecule has 0 aliphatic rings. The first-order valence-electron chi connectivity index (χ1n) is 6.53. The molecule has 0 saturated carbocycles. The zero-order chi connectivity index (χ0) is 12.8. The van der Waals surface area contributed by atoms with Crippen LogP contribution in [0.15, 0.2) is 6.07 Å². The molecule has 0 heterocycles. The maximum Gasteiger partial charge on any atom is 0.0404 e. The number of anilines is 1. The van der Waals surface area contributed by atoms with Crippen molar-refractivity contribution in [1.82, 2.24) is 5.32 Å².